The molecule has 0 amide bonds. The number of hydrogen-bond donors (Lipinski definition) is 2. The summed E-state index contributed by atoms with van der Waals surface area (Å²) < 4.78 is 10.6. The highest BCUT2D eigenvalue weighted by Crippen LogP contribution is 2.38. The van der Waals surface area contributed by atoms with Gasteiger partial charge in [-0.2, -0.15) is 0 Å². The van der Waals surface area contributed by atoms with E-state index in [2.05, 4.69) is 5.32 Å². The van der Waals surface area contributed by atoms with E-state index in [9.17, 15) is 9.90 Å². The van der Waals surface area contributed by atoms with E-state index in [-0.39, 0.29) is 5.97 Å². The fourth-order valence-corrected chi connectivity index (χ4v) is 2.83. The third-order valence-corrected chi connectivity index (χ3v) is 3.88. The first-order chi connectivity index (χ1) is 9.21. The number of carbonyl (C=O) groups is 1. The molecule has 2 N–H and O–H groups in total. The Morgan fingerprint density at radius 2 is 2.05 bits per heavy atom. The van der Waals surface area contributed by atoms with Crippen LogP contribution in [0.5, 0.6) is 0 Å². The molecule has 5 nitrogen and oxygen atoms in total. The van der Waals surface area contributed by atoms with E-state index in [0.29, 0.717) is 27.6 Å². The fraction of sp³-hybridized carbons (Fsp3) is 0.643. The number of carbonyl (C=O) groups excluding carboxylic acids is 1. The summed E-state index contributed by atoms with van der Waals surface area (Å²) in [7, 11) is 1.74. The Morgan fingerprint density at radius 1 is 1.45 bits per heavy atom. The van der Waals surface area contributed by atoms with Crippen LogP contribution < -0.4 is 5.32 Å². The van der Waals surface area contributed by atoms with Crippen molar-refractivity contribution in [3.63, 3.8) is 0 Å². The molecule has 0 aromatic carbocycles. The van der Waals surface area contributed by atoms with Gasteiger partial charge in [0.15, 0.2) is 6.29 Å². The summed E-state index contributed by atoms with van der Waals surface area (Å²) in [6.45, 7) is 9.45. The van der Waals surface area contributed by atoms with Crippen molar-refractivity contribution in [3.8, 4) is 0 Å². The van der Waals surface area contributed by atoms with Gasteiger partial charge in [0.05, 0.1) is 5.00 Å². The molecule has 1 heterocycles. The summed E-state index contributed by atoms with van der Waals surface area (Å²) in [6, 6.07) is 0. The van der Waals surface area contributed by atoms with Crippen LogP contribution in [-0.2, 0) is 9.47 Å². The molecule has 0 saturated heterocycles. The van der Waals surface area contributed by atoms with Gasteiger partial charge < -0.3 is 19.9 Å². The molecule has 20 heavy (non-hydrogen) atoms. The molecule has 0 fully saturated rings. The van der Waals surface area contributed by atoms with Gasteiger partial charge in [-0.05, 0) is 40.2 Å². The number of aliphatic hydroxyl groups is 1. The van der Waals surface area contributed by atoms with Crippen molar-refractivity contribution in [2.45, 2.75) is 46.5 Å². The summed E-state index contributed by atoms with van der Waals surface area (Å²) in [6.07, 6.45) is -1.05. The molecule has 0 aliphatic rings. The Bertz CT molecular complexity index is 476. The third-order valence-electron chi connectivity index (χ3n) is 2.58. The lowest BCUT2D eigenvalue weighted by Gasteiger charge is -2.19. The molecular weight excluding hydrogens is 278 g/mol. The number of anilines is 1. The van der Waals surface area contributed by atoms with Gasteiger partial charge in [-0.15, -0.1) is 11.3 Å². The molecule has 0 spiro atoms. The van der Waals surface area contributed by atoms with Crippen molar-refractivity contribution in [2.75, 3.05) is 19.0 Å². The van der Waals surface area contributed by atoms with E-state index in [1.54, 1.807) is 20.9 Å². The van der Waals surface area contributed by atoms with E-state index >= 15 is 0 Å². The van der Waals surface area contributed by atoms with Crippen LogP contribution in [0.15, 0.2) is 0 Å². The molecule has 0 bridgehead atoms. The van der Waals surface area contributed by atoms with Gasteiger partial charge in [0, 0.05) is 19.2 Å². The number of hydrogen-bond acceptors (Lipinski definition) is 6. The van der Waals surface area contributed by atoms with Gasteiger partial charge in [-0.25, -0.2) is 4.79 Å². The molecule has 1 atom stereocenters. The highest BCUT2D eigenvalue weighted by molar-refractivity contribution is 7.18. The Balaban J connectivity index is 3.14. The molecule has 1 rings (SSSR count). The van der Waals surface area contributed by atoms with E-state index in [4.69, 9.17) is 9.47 Å². The minimum Gasteiger partial charge on any atom is -0.456 e. The molecule has 0 aliphatic heterocycles. The van der Waals surface area contributed by atoms with Gasteiger partial charge in [-0.1, -0.05) is 0 Å². The smallest absolute Gasteiger partial charge is 0.349 e. The van der Waals surface area contributed by atoms with Crippen molar-refractivity contribution in [2.24, 2.45) is 0 Å². The second-order valence-electron chi connectivity index (χ2n) is 5.36. The van der Waals surface area contributed by atoms with Crippen LogP contribution in [0.2, 0.25) is 0 Å². The van der Waals surface area contributed by atoms with E-state index in [1.165, 1.54) is 11.3 Å². The molecule has 0 radical (unpaired) electrons. The van der Waals surface area contributed by atoms with Crippen molar-refractivity contribution < 1.29 is 19.4 Å². The molecule has 0 aliphatic carbocycles. The molecule has 1 aromatic heterocycles. The zero-order chi connectivity index (χ0) is 15.5. The Hall–Kier alpha value is -1.11. The second kappa shape index (κ2) is 6.56. The molecule has 6 heteroatoms. The van der Waals surface area contributed by atoms with Gasteiger partial charge in [0.1, 0.15) is 10.5 Å². The predicted octanol–water partition coefficient (Wildman–Crippen LogP) is 3.08. The maximum atomic E-state index is 12.2. The van der Waals surface area contributed by atoms with E-state index < -0.39 is 11.9 Å². The lowest BCUT2D eigenvalue weighted by atomic mass is 10.1. The minimum atomic E-state index is -1.05. The number of ether oxygens (including phenoxy) is 2. The largest absolute Gasteiger partial charge is 0.456 e. The van der Waals surface area contributed by atoms with Gasteiger partial charge >= 0.3 is 5.97 Å². The molecule has 0 saturated carbocycles. The maximum Gasteiger partial charge on any atom is 0.349 e. The monoisotopic (exact) mass is 301 g/mol. The molecule has 114 valence electrons. The first-order valence-electron chi connectivity index (χ1n) is 6.55. The molecule has 1 aromatic rings. The van der Waals surface area contributed by atoms with Gasteiger partial charge in [-0.3, -0.25) is 0 Å². The van der Waals surface area contributed by atoms with Crippen LogP contribution in [0.4, 0.5) is 5.00 Å². The number of nitrogens with one attached hydrogen (secondary N) is 1. The Morgan fingerprint density at radius 3 is 2.50 bits per heavy atom. The van der Waals surface area contributed by atoms with Crippen LogP contribution >= 0.6 is 11.3 Å². The van der Waals surface area contributed by atoms with Gasteiger partial charge in [0.2, 0.25) is 0 Å². The second-order valence-corrected chi connectivity index (χ2v) is 6.38. The first kappa shape index (κ1) is 16.9. The lowest BCUT2D eigenvalue weighted by Crippen LogP contribution is -2.23. The number of aliphatic hydroxyl groups excluding tert-OH is 1. The van der Waals surface area contributed by atoms with Gasteiger partial charge in [0.25, 0.3) is 0 Å². The van der Waals surface area contributed by atoms with Crippen LogP contribution in [0.3, 0.4) is 0 Å². The average Bonchev–Trinajstić information content (AvgIpc) is 2.64. The van der Waals surface area contributed by atoms with Crippen molar-refractivity contribution >= 4 is 22.3 Å². The van der Waals surface area contributed by atoms with Crippen LogP contribution in [0.25, 0.3) is 0 Å². The molecule has 1 unspecified atom stereocenters. The number of rotatable bonds is 5. The highest BCUT2D eigenvalue weighted by Gasteiger charge is 2.27. The minimum absolute atomic E-state index is 0.383. The van der Waals surface area contributed by atoms with Crippen LogP contribution in [0.1, 0.15) is 54.8 Å². The topological polar surface area (TPSA) is 67.8 Å². The Kier molecular flexibility index (Phi) is 5.56. The van der Waals surface area contributed by atoms with E-state index in [0.717, 1.165) is 0 Å². The lowest BCUT2D eigenvalue weighted by molar-refractivity contribution is -0.0976. The highest BCUT2D eigenvalue weighted by atomic mass is 32.1. The summed E-state index contributed by atoms with van der Waals surface area (Å²) in [5, 5.41) is 13.7. The van der Waals surface area contributed by atoms with Crippen molar-refractivity contribution in [3.05, 3.63) is 16.0 Å². The summed E-state index contributed by atoms with van der Waals surface area (Å²) in [5.74, 6) is -0.383. The normalized spacial score (nSPS) is 13.2. The summed E-state index contributed by atoms with van der Waals surface area (Å²) >= 11 is 1.26. The standard InChI is InChI=1S/C14H23NO4S/c1-7-18-12(16)9-8(2)10(20-11(9)15-6)13(17)19-14(3,4)5/h12,15-16H,7H2,1-6H3. The predicted molar refractivity (Wildman–Crippen MR) is 80.4 cm³/mol. The number of esters is 1. The number of thiophene rings is 1. The fourth-order valence-electron chi connectivity index (χ4n) is 1.77. The van der Waals surface area contributed by atoms with Crippen LogP contribution in [-0.4, -0.2) is 30.3 Å². The zero-order valence-corrected chi connectivity index (χ0v) is 13.7. The first-order valence-corrected chi connectivity index (χ1v) is 7.37. The van der Waals surface area contributed by atoms with E-state index in [1.807, 2.05) is 20.8 Å². The Labute approximate surface area is 123 Å². The van der Waals surface area contributed by atoms with Crippen molar-refractivity contribution in [1.82, 2.24) is 0 Å². The van der Waals surface area contributed by atoms with Crippen molar-refractivity contribution in [1.29, 1.82) is 0 Å². The summed E-state index contributed by atoms with van der Waals surface area (Å²) in [5.41, 5.74) is 0.737. The molecular formula is C14H23NO4S. The zero-order valence-electron chi connectivity index (χ0n) is 12.9. The maximum absolute atomic E-state index is 12.2. The SMILES string of the molecule is CCOC(O)c1c(NC)sc(C(=O)OC(C)(C)C)c1C. The third kappa shape index (κ3) is 3.94. The average molecular weight is 301 g/mol. The summed E-state index contributed by atoms with van der Waals surface area (Å²) in [4.78, 5) is 12.7. The van der Waals surface area contributed by atoms with Crippen LogP contribution in [0, 0.1) is 6.92 Å². The quantitative estimate of drug-likeness (QED) is 0.646.